The SMILES string of the molecule is COC(=O)C[C@H](NC(=O)[C@H](C)NC(=O)[C@@H](NC(=O)CCCCCNC(=O)CCC1=C(C)C2=Cc3ccc(-c4ccc(OC)cc4)n3[B-](F)(F)[N+]2=C1C)C(C)C)C(=O)CF. The van der Waals surface area contributed by atoms with E-state index in [-0.39, 0.29) is 37.0 Å². The number of ether oxygens (including phenoxy) is 2. The Balaban J connectivity index is 1.20. The van der Waals surface area contributed by atoms with Crippen LogP contribution in [-0.4, -0.2) is 103 Å². The van der Waals surface area contributed by atoms with E-state index in [0.29, 0.717) is 71.1 Å². The Labute approximate surface area is 342 Å². The third-order valence-electron chi connectivity index (χ3n) is 10.6. The first-order valence-corrected chi connectivity index (χ1v) is 19.7. The molecule has 0 radical (unpaired) electrons. The molecule has 0 saturated heterocycles. The Hall–Kier alpha value is -5.68. The number of amides is 4. The van der Waals surface area contributed by atoms with Crippen molar-refractivity contribution in [2.24, 2.45) is 5.92 Å². The lowest BCUT2D eigenvalue weighted by atomic mass is 9.89. The van der Waals surface area contributed by atoms with Crippen LogP contribution in [0.25, 0.3) is 17.3 Å². The van der Waals surface area contributed by atoms with Crippen molar-refractivity contribution in [1.29, 1.82) is 0 Å². The molecule has 18 heteroatoms. The minimum absolute atomic E-state index is 0.105. The zero-order valence-corrected chi connectivity index (χ0v) is 34.6. The average Bonchev–Trinajstić information content (AvgIpc) is 3.75. The van der Waals surface area contributed by atoms with Crippen LogP contribution < -0.4 is 26.0 Å². The molecule has 3 heterocycles. The summed E-state index contributed by atoms with van der Waals surface area (Å²) in [5.41, 5.74) is 3.67. The molecule has 0 spiro atoms. The molecule has 4 N–H and O–H groups in total. The van der Waals surface area contributed by atoms with Gasteiger partial charge in [0.15, 0.2) is 11.5 Å². The highest BCUT2D eigenvalue weighted by Gasteiger charge is 2.54. The topological polar surface area (TPSA) is 177 Å². The number of carbonyl (C=O) groups excluding carboxylic acids is 6. The number of nitrogens with one attached hydrogen (secondary N) is 4. The molecule has 2 aliphatic rings. The van der Waals surface area contributed by atoms with Crippen LogP contribution in [0.3, 0.4) is 0 Å². The Morgan fingerprint density at radius 1 is 0.847 bits per heavy atom. The van der Waals surface area contributed by atoms with Gasteiger partial charge in [0.25, 0.3) is 0 Å². The zero-order chi connectivity index (χ0) is 43.6. The van der Waals surface area contributed by atoms with Gasteiger partial charge in [-0.25, -0.2) is 4.39 Å². The van der Waals surface area contributed by atoms with Crippen LogP contribution in [-0.2, 0) is 33.5 Å². The van der Waals surface area contributed by atoms with Crippen LogP contribution >= 0.6 is 0 Å². The Bertz CT molecular complexity index is 2030. The van der Waals surface area contributed by atoms with E-state index in [1.165, 1.54) is 6.92 Å². The number of Topliss-reactive ketones (excluding diaryl/α,β-unsaturated/α-hetero) is 1. The number of alkyl halides is 1. The van der Waals surface area contributed by atoms with E-state index in [4.69, 9.17) is 4.74 Å². The van der Waals surface area contributed by atoms with Crippen molar-refractivity contribution in [3.05, 3.63) is 58.9 Å². The number of nitrogens with zero attached hydrogens (tertiary/aromatic N) is 2. The van der Waals surface area contributed by atoms with Crippen molar-refractivity contribution in [3.63, 3.8) is 0 Å². The summed E-state index contributed by atoms with van der Waals surface area (Å²) in [5, 5.41) is 10.3. The highest BCUT2D eigenvalue weighted by molar-refractivity contribution is 6.58. The quantitative estimate of drug-likeness (QED) is 0.0822. The van der Waals surface area contributed by atoms with E-state index in [2.05, 4.69) is 26.0 Å². The summed E-state index contributed by atoms with van der Waals surface area (Å²) in [4.78, 5) is 74.6. The molecule has 0 aliphatic carbocycles. The van der Waals surface area contributed by atoms with E-state index < -0.39 is 61.8 Å². The number of esters is 1. The van der Waals surface area contributed by atoms with E-state index >= 15 is 8.63 Å². The third kappa shape index (κ3) is 11.1. The molecule has 0 bridgehead atoms. The summed E-state index contributed by atoms with van der Waals surface area (Å²) in [5.74, 6) is -3.66. The fourth-order valence-corrected chi connectivity index (χ4v) is 7.24. The van der Waals surface area contributed by atoms with Crippen LogP contribution in [0.2, 0.25) is 0 Å². The third-order valence-corrected chi connectivity index (χ3v) is 10.6. The highest BCUT2D eigenvalue weighted by atomic mass is 19.2. The van der Waals surface area contributed by atoms with E-state index in [1.807, 2.05) is 0 Å². The summed E-state index contributed by atoms with van der Waals surface area (Å²) in [6.07, 6.45) is 3.34. The molecule has 1 aromatic carbocycles. The van der Waals surface area contributed by atoms with Gasteiger partial charge in [-0.15, -0.1) is 0 Å². The number of benzene rings is 1. The first-order valence-electron chi connectivity index (χ1n) is 19.7. The average molecular weight is 827 g/mol. The monoisotopic (exact) mass is 826 g/mol. The first kappa shape index (κ1) is 46.0. The molecule has 4 rings (SSSR count). The molecule has 0 unspecified atom stereocenters. The molecule has 2 aromatic rings. The molecular weight excluding hydrogens is 772 g/mol. The predicted molar refractivity (Wildman–Crippen MR) is 216 cm³/mol. The Morgan fingerprint density at radius 3 is 2.17 bits per heavy atom. The number of unbranched alkanes of at least 4 members (excludes halogenated alkanes) is 2. The number of rotatable bonds is 21. The lowest BCUT2D eigenvalue weighted by molar-refractivity contribution is -0.362. The number of ketones is 1. The van der Waals surface area contributed by atoms with Crippen molar-refractivity contribution in [2.75, 3.05) is 27.4 Å². The van der Waals surface area contributed by atoms with Crippen LogP contribution in [0.5, 0.6) is 5.75 Å². The maximum atomic E-state index is 16.4. The fourth-order valence-electron chi connectivity index (χ4n) is 7.24. The van der Waals surface area contributed by atoms with Crippen LogP contribution in [0.15, 0.2) is 53.2 Å². The van der Waals surface area contributed by atoms with Gasteiger partial charge in [-0.3, -0.25) is 28.8 Å². The van der Waals surface area contributed by atoms with Gasteiger partial charge in [0.2, 0.25) is 23.6 Å². The van der Waals surface area contributed by atoms with Crippen molar-refractivity contribution in [3.8, 4) is 17.0 Å². The summed E-state index contributed by atoms with van der Waals surface area (Å²) in [7, 11) is 2.63. The maximum absolute atomic E-state index is 16.4. The standard InChI is InChI=1S/C41H54BF3N6O8/c1-24(2)39(41(57)47-26(4)40(56)48-32(35(52)23-43)22-38(55)59-7)49-37(54)11-9-8-10-20-46-36(53)19-17-31-25(3)34-21-29-14-18-33(28-12-15-30(58-6)16-13-28)51(29)42(44,45)50(34)27(31)5/h12-16,18,21,24,26,32,39H,8-11,17,19-20,22-23H2,1-7H3,(H,46,53)(H,47,57)(H,48,56)(H,49,54)/t26-,32-,39-/m0/s1. The summed E-state index contributed by atoms with van der Waals surface area (Å²) < 4.78 is 57.6. The van der Waals surface area contributed by atoms with Crippen LogP contribution in [0, 0.1) is 5.92 Å². The largest absolute Gasteiger partial charge is 0.737 e. The number of methoxy groups -OCH3 is 2. The lowest BCUT2D eigenvalue weighted by Gasteiger charge is -2.31. The zero-order valence-electron chi connectivity index (χ0n) is 34.6. The van der Waals surface area contributed by atoms with E-state index in [9.17, 15) is 33.2 Å². The Morgan fingerprint density at radius 2 is 1.54 bits per heavy atom. The van der Waals surface area contributed by atoms with Gasteiger partial charge in [0.1, 0.15) is 36.3 Å². The molecule has 0 saturated carbocycles. The van der Waals surface area contributed by atoms with Gasteiger partial charge in [0.05, 0.1) is 20.6 Å². The number of hydrogen-bond acceptors (Lipinski definition) is 8. The van der Waals surface area contributed by atoms with E-state index in [0.717, 1.165) is 16.1 Å². The number of hydrogen-bond donors (Lipinski definition) is 4. The number of halogens is 3. The summed E-state index contributed by atoms with van der Waals surface area (Å²) >= 11 is 0. The first-order chi connectivity index (χ1) is 27.9. The van der Waals surface area contributed by atoms with Gasteiger partial charge >= 0.3 is 12.9 Å². The summed E-state index contributed by atoms with van der Waals surface area (Å²) in [6.45, 7) is 2.95. The number of allylic oxidation sites excluding steroid dienone is 2. The van der Waals surface area contributed by atoms with Crippen LogP contribution in [0.4, 0.5) is 13.0 Å². The lowest BCUT2D eigenvalue weighted by Crippen LogP contribution is -2.56. The van der Waals surface area contributed by atoms with Crippen LogP contribution in [0.1, 0.15) is 85.3 Å². The molecule has 59 heavy (non-hydrogen) atoms. The Kier molecular flexibility index (Phi) is 15.9. The van der Waals surface area contributed by atoms with Crippen molar-refractivity contribution in [1.82, 2.24) is 25.7 Å². The fraction of sp³-hybridized carbons (Fsp3) is 0.488. The van der Waals surface area contributed by atoms with Gasteiger partial charge < -0.3 is 48.3 Å². The van der Waals surface area contributed by atoms with E-state index in [1.54, 1.807) is 77.3 Å². The van der Waals surface area contributed by atoms with Gasteiger partial charge in [-0.2, -0.15) is 0 Å². The highest BCUT2D eigenvalue weighted by Crippen LogP contribution is 2.40. The second-order valence-corrected chi connectivity index (χ2v) is 15.0. The number of carbonyl (C=O) groups is 6. The second kappa shape index (κ2) is 20.3. The molecule has 320 valence electrons. The van der Waals surface area contributed by atoms with Crippen molar-refractivity contribution in [2.45, 2.75) is 97.7 Å². The molecule has 1 aromatic heterocycles. The maximum Gasteiger partial charge on any atom is 0.737 e. The number of fused-ring (bicyclic) bond motifs is 2. The molecule has 3 atom stereocenters. The van der Waals surface area contributed by atoms with Gasteiger partial charge in [0, 0.05) is 54.9 Å². The van der Waals surface area contributed by atoms with Crippen molar-refractivity contribution < 1.29 is 55.7 Å². The van der Waals surface area contributed by atoms with Gasteiger partial charge in [-0.1, -0.05) is 20.3 Å². The molecule has 0 fully saturated rings. The minimum Gasteiger partial charge on any atom is -0.497 e. The molecule has 14 nitrogen and oxygen atoms in total. The second-order valence-electron chi connectivity index (χ2n) is 15.0. The smallest absolute Gasteiger partial charge is 0.497 e. The molecular formula is C41H54BF3N6O8. The minimum atomic E-state index is -4.23. The molecule has 4 amide bonds. The van der Waals surface area contributed by atoms with Gasteiger partial charge in [-0.05, 0) is 81.0 Å². The number of aromatic nitrogens is 1. The normalized spacial score (nSPS) is 15.7. The predicted octanol–water partition coefficient (Wildman–Crippen LogP) is 4.23. The van der Waals surface area contributed by atoms with Crippen molar-refractivity contribution >= 4 is 54.1 Å². The molecule has 2 aliphatic heterocycles. The summed E-state index contributed by atoms with van der Waals surface area (Å²) in [6, 6.07) is 6.71.